The molecule has 0 atom stereocenters. The van der Waals surface area contributed by atoms with Crippen LogP contribution in [0.5, 0.6) is 17.2 Å². The summed E-state index contributed by atoms with van der Waals surface area (Å²) in [6.07, 6.45) is 1.48. The summed E-state index contributed by atoms with van der Waals surface area (Å²) in [5.74, 6) is 1.01. The number of amidine groups is 1. The van der Waals surface area contributed by atoms with Gasteiger partial charge in [0.15, 0.2) is 16.7 Å². The molecule has 0 radical (unpaired) electrons. The van der Waals surface area contributed by atoms with E-state index in [4.69, 9.17) is 15.2 Å². The molecule has 180 valence electrons. The van der Waals surface area contributed by atoms with Crippen LogP contribution in [0.2, 0.25) is 0 Å². The van der Waals surface area contributed by atoms with Crippen molar-refractivity contribution >= 4 is 34.5 Å². The zero-order valence-corrected chi connectivity index (χ0v) is 19.4. The van der Waals surface area contributed by atoms with Crippen LogP contribution in [0.25, 0.3) is 0 Å². The van der Waals surface area contributed by atoms with Crippen LogP contribution in [-0.2, 0) is 5.75 Å². The van der Waals surface area contributed by atoms with Crippen LogP contribution in [0.15, 0.2) is 76.9 Å². The molecule has 0 aliphatic rings. The Balaban J connectivity index is 1.75. The maximum atomic E-state index is 11.4. The Morgan fingerprint density at radius 1 is 1.00 bits per heavy atom. The number of nitrogens with zero attached hydrogens (tertiary/aromatic N) is 4. The van der Waals surface area contributed by atoms with Crippen molar-refractivity contribution in [2.75, 3.05) is 6.61 Å². The summed E-state index contributed by atoms with van der Waals surface area (Å²) in [7, 11) is 0. The van der Waals surface area contributed by atoms with Gasteiger partial charge in [-0.25, -0.2) is 0 Å². The van der Waals surface area contributed by atoms with E-state index >= 15 is 0 Å². The van der Waals surface area contributed by atoms with Crippen molar-refractivity contribution in [2.24, 2.45) is 15.9 Å². The quantitative estimate of drug-likeness (QED) is 0.172. The number of hydrogen-bond donors (Lipinski definition) is 1. The first-order chi connectivity index (χ1) is 16.9. The molecule has 3 aromatic rings. The molecule has 0 spiro atoms. The monoisotopic (exact) mass is 495 g/mol. The van der Waals surface area contributed by atoms with Gasteiger partial charge in [-0.2, -0.15) is 5.10 Å². The van der Waals surface area contributed by atoms with Gasteiger partial charge >= 0.3 is 5.69 Å². The highest BCUT2D eigenvalue weighted by Crippen LogP contribution is 2.38. The van der Waals surface area contributed by atoms with E-state index in [9.17, 15) is 20.2 Å². The fourth-order valence-corrected chi connectivity index (χ4v) is 3.45. The molecule has 3 rings (SSSR count). The maximum Gasteiger partial charge on any atom is 0.318 e. The van der Waals surface area contributed by atoms with Gasteiger partial charge in [-0.3, -0.25) is 20.2 Å². The molecule has 0 aliphatic carbocycles. The van der Waals surface area contributed by atoms with Gasteiger partial charge in [0.1, 0.15) is 0 Å². The third kappa shape index (κ3) is 7.27. The van der Waals surface area contributed by atoms with E-state index in [2.05, 4.69) is 10.2 Å². The summed E-state index contributed by atoms with van der Waals surface area (Å²) in [5, 5.41) is 30.6. The van der Waals surface area contributed by atoms with Crippen LogP contribution in [0.4, 0.5) is 11.4 Å². The fourth-order valence-electron chi connectivity index (χ4n) is 2.84. The number of benzene rings is 3. The molecule has 0 aliphatic heterocycles. The number of nitro benzene ring substituents is 2. The highest BCUT2D eigenvalue weighted by atomic mass is 32.2. The Labute approximate surface area is 204 Å². The van der Waals surface area contributed by atoms with Crippen molar-refractivity contribution in [2.45, 2.75) is 12.7 Å². The highest BCUT2D eigenvalue weighted by molar-refractivity contribution is 8.13. The molecule has 12 heteroatoms. The topological polar surface area (TPSA) is 155 Å². The second-order valence-corrected chi connectivity index (χ2v) is 7.86. The van der Waals surface area contributed by atoms with Crippen LogP contribution < -0.4 is 15.2 Å². The van der Waals surface area contributed by atoms with Crippen LogP contribution in [0.1, 0.15) is 18.1 Å². The zero-order chi connectivity index (χ0) is 25.2. The summed E-state index contributed by atoms with van der Waals surface area (Å²) in [6, 6.07) is 17.8. The lowest BCUT2D eigenvalue weighted by Crippen LogP contribution is -2.06. The molecule has 0 unspecified atom stereocenters. The molecule has 11 nitrogen and oxygen atoms in total. The lowest BCUT2D eigenvalue weighted by Gasteiger charge is -2.12. The zero-order valence-electron chi connectivity index (χ0n) is 18.6. The minimum absolute atomic E-state index is 0.157. The fraction of sp³-hybridized carbons (Fsp3) is 0.130. The van der Waals surface area contributed by atoms with E-state index in [0.29, 0.717) is 28.8 Å². The van der Waals surface area contributed by atoms with Gasteiger partial charge in [-0.1, -0.05) is 42.1 Å². The molecular weight excluding hydrogens is 474 g/mol. The number of non-ortho nitro benzene ring substituents is 1. The molecule has 0 aromatic heterocycles. The van der Waals surface area contributed by atoms with Crippen LogP contribution in [-0.4, -0.2) is 27.8 Å². The first-order valence-electron chi connectivity index (χ1n) is 10.3. The molecule has 3 aromatic carbocycles. The molecule has 35 heavy (non-hydrogen) atoms. The average molecular weight is 496 g/mol. The van der Waals surface area contributed by atoms with Gasteiger partial charge in [0, 0.05) is 11.8 Å². The van der Waals surface area contributed by atoms with Crippen molar-refractivity contribution in [1.29, 1.82) is 0 Å². The molecule has 0 bridgehead atoms. The minimum Gasteiger partial charge on any atom is -0.490 e. The molecular formula is C23H21N5O6S. The summed E-state index contributed by atoms with van der Waals surface area (Å²) < 4.78 is 11.3. The van der Waals surface area contributed by atoms with Crippen molar-refractivity contribution in [3.05, 3.63) is 98.1 Å². The van der Waals surface area contributed by atoms with Crippen LogP contribution >= 0.6 is 11.8 Å². The number of hydrogen-bond acceptors (Lipinski definition) is 9. The third-order valence-corrected chi connectivity index (χ3v) is 5.29. The summed E-state index contributed by atoms with van der Waals surface area (Å²) in [4.78, 5) is 20.9. The number of ether oxygens (including phenoxy) is 2. The van der Waals surface area contributed by atoms with Gasteiger partial charge < -0.3 is 15.2 Å². The van der Waals surface area contributed by atoms with Crippen LogP contribution in [0.3, 0.4) is 0 Å². The summed E-state index contributed by atoms with van der Waals surface area (Å²) in [6.45, 7) is 2.08. The van der Waals surface area contributed by atoms with Crippen molar-refractivity contribution in [1.82, 2.24) is 0 Å². The predicted molar refractivity (Wildman–Crippen MR) is 134 cm³/mol. The predicted octanol–water partition coefficient (Wildman–Crippen LogP) is 5.28. The van der Waals surface area contributed by atoms with Crippen LogP contribution in [0, 0.1) is 20.2 Å². The smallest absolute Gasteiger partial charge is 0.318 e. The average Bonchev–Trinajstić information content (AvgIpc) is 2.85. The first-order valence-corrected chi connectivity index (χ1v) is 11.3. The van der Waals surface area contributed by atoms with Gasteiger partial charge in [0.2, 0.25) is 5.75 Å². The van der Waals surface area contributed by atoms with E-state index < -0.39 is 21.2 Å². The lowest BCUT2D eigenvalue weighted by molar-refractivity contribution is -0.394. The molecule has 0 fully saturated rings. The van der Waals surface area contributed by atoms with E-state index in [1.165, 1.54) is 24.0 Å². The standard InChI is InChI=1S/C23H21N5O6S/c1-2-33-22-12-17(14-25-26-23(24)35-15-16-6-4-3-5-7-16)8-10-21(22)34-20-11-9-18(27(29)30)13-19(20)28(31)32/h3-14H,2,15H2,1H3,(H2,24,26). The number of nitrogens with two attached hydrogens (primary N) is 1. The Kier molecular flexibility index (Phi) is 8.73. The summed E-state index contributed by atoms with van der Waals surface area (Å²) >= 11 is 1.36. The Morgan fingerprint density at radius 3 is 2.43 bits per heavy atom. The SMILES string of the molecule is CCOc1cc(C=NN=C(N)SCc2ccccc2)ccc1Oc1ccc([N+](=O)[O-])cc1[N+](=O)[O-]. The third-order valence-electron chi connectivity index (χ3n) is 4.43. The Morgan fingerprint density at radius 2 is 1.74 bits per heavy atom. The van der Waals surface area contributed by atoms with E-state index in [0.717, 1.165) is 17.7 Å². The largest absolute Gasteiger partial charge is 0.490 e. The van der Waals surface area contributed by atoms with Crippen molar-refractivity contribution < 1.29 is 19.3 Å². The molecule has 2 N–H and O–H groups in total. The second kappa shape index (κ2) is 12.1. The Bertz CT molecular complexity index is 1270. The maximum absolute atomic E-state index is 11.4. The lowest BCUT2D eigenvalue weighted by atomic mass is 10.2. The summed E-state index contributed by atoms with van der Waals surface area (Å²) in [5.41, 5.74) is 6.69. The highest BCUT2D eigenvalue weighted by Gasteiger charge is 2.22. The van der Waals surface area contributed by atoms with Crippen molar-refractivity contribution in [3.8, 4) is 17.2 Å². The second-order valence-electron chi connectivity index (χ2n) is 6.86. The number of thioether (sulfide) groups is 1. The number of rotatable bonds is 10. The van der Waals surface area contributed by atoms with Gasteiger partial charge in [0.05, 0.1) is 28.7 Å². The normalized spacial score (nSPS) is 11.4. The van der Waals surface area contributed by atoms with E-state index in [1.807, 2.05) is 30.3 Å². The Hall–Kier alpha value is -4.45. The van der Waals surface area contributed by atoms with Crippen molar-refractivity contribution in [3.63, 3.8) is 0 Å². The van der Waals surface area contributed by atoms with Gasteiger partial charge in [-0.05, 0) is 42.3 Å². The van der Waals surface area contributed by atoms with Gasteiger partial charge in [-0.15, -0.1) is 5.10 Å². The van der Waals surface area contributed by atoms with E-state index in [1.54, 1.807) is 25.1 Å². The van der Waals surface area contributed by atoms with E-state index in [-0.39, 0.29) is 11.5 Å². The minimum atomic E-state index is -0.748. The number of nitro groups is 2. The molecule has 0 saturated heterocycles. The molecule has 0 heterocycles. The first kappa shape index (κ1) is 25.2. The molecule has 0 saturated carbocycles. The molecule has 0 amide bonds. The van der Waals surface area contributed by atoms with Gasteiger partial charge in [0.25, 0.3) is 5.69 Å².